The summed E-state index contributed by atoms with van der Waals surface area (Å²) in [6, 6.07) is 9.75. The lowest BCUT2D eigenvalue weighted by Gasteiger charge is -2.06. The number of nitrogens with zero attached hydrogens (tertiary/aromatic N) is 2. The third kappa shape index (κ3) is 3.69. The van der Waals surface area contributed by atoms with E-state index in [1.807, 2.05) is 36.6 Å². The van der Waals surface area contributed by atoms with Crippen molar-refractivity contribution in [3.05, 3.63) is 40.2 Å². The fourth-order valence-electron chi connectivity index (χ4n) is 1.79. The van der Waals surface area contributed by atoms with Crippen molar-refractivity contribution < 1.29 is 0 Å². The van der Waals surface area contributed by atoms with E-state index in [9.17, 15) is 10.1 Å². The maximum atomic E-state index is 11.9. The van der Waals surface area contributed by atoms with Crippen molar-refractivity contribution in [2.45, 2.75) is 23.4 Å². The van der Waals surface area contributed by atoms with Gasteiger partial charge in [-0.3, -0.25) is 4.79 Å². The normalized spacial score (nSPS) is 10.3. The highest BCUT2D eigenvalue weighted by atomic mass is 32.2. The highest BCUT2D eigenvalue weighted by molar-refractivity contribution is 7.99. The zero-order valence-electron chi connectivity index (χ0n) is 11.8. The van der Waals surface area contributed by atoms with Crippen molar-refractivity contribution in [1.29, 1.82) is 5.26 Å². The molecule has 108 valence electrons. The Hall–Kier alpha value is -1.71. The molecule has 6 heteroatoms. The summed E-state index contributed by atoms with van der Waals surface area (Å²) in [4.78, 5) is 20.0. The highest BCUT2D eigenvalue weighted by Crippen LogP contribution is 2.25. The second kappa shape index (κ2) is 7.34. The minimum absolute atomic E-state index is 0.0572. The van der Waals surface area contributed by atoms with Gasteiger partial charge in [-0.1, -0.05) is 30.8 Å². The van der Waals surface area contributed by atoms with Crippen LogP contribution in [-0.2, 0) is 0 Å². The van der Waals surface area contributed by atoms with E-state index in [-0.39, 0.29) is 5.56 Å². The van der Waals surface area contributed by atoms with Crippen LogP contribution in [0.2, 0.25) is 0 Å². The van der Waals surface area contributed by atoms with Gasteiger partial charge in [0.05, 0.1) is 5.69 Å². The molecule has 0 spiro atoms. The summed E-state index contributed by atoms with van der Waals surface area (Å²) in [5.41, 5.74) is 0.893. The summed E-state index contributed by atoms with van der Waals surface area (Å²) >= 11 is 3.13. The standard InChI is InChI=1S/C15H15N3OS2/c1-3-8-21-11-6-4-10(5-7-11)13-12(9-16)14(19)18-15(17-13)20-2/h4-7H,3,8H2,1-2H3,(H,17,18,19). The van der Waals surface area contributed by atoms with Gasteiger partial charge < -0.3 is 4.98 Å². The Morgan fingerprint density at radius 1 is 1.33 bits per heavy atom. The molecule has 4 nitrogen and oxygen atoms in total. The summed E-state index contributed by atoms with van der Waals surface area (Å²) in [5, 5.41) is 9.69. The van der Waals surface area contributed by atoms with Crippen LogP contribution in [-0.4, -0.2) is 22.0 Å². The van der Waals surface area contributed by atoms with E-state index < -0.39 is 5.56 Å². The molecule has 0 aliphatic rings. The van der Waals surface area contributed by atoms with Crippen LogP contribution in [0.25, 0.3) is 11.3 Å². The molecule has 2 aromatic rings. The average molecular weight is 317 g/mol. The maximum absolute atomic E-state index is 11.9. The lowest BCUT2D eigenvalue weighted by atomic mass is 10.1. The van der Waals surface area contributed by atoms with Gasteiger partial charge >= 0.3 is 0 Å². The predicted molar refractivity (Wildman–Crippen MR) is 87.8 cm³/mol. The SMILES string of the molecule is CCCSc1ccc(-c2nc(SC)[nH]c(=O)c2C#N)cc1. The van der Waals surface area contributed by atoms with Crippen LogP contribution in [0.3, 0.4) is 0 Å². The van der Waals surface area contributed by atoms with Crippen molar-refractivity contribution in [2.75, 3.05) is 12.0 Å². The minimum atomic E-state index is -0.392. The fraction of sp³-hybridized carbons (Fsp3) is 0.267. The van der Waals surface area contributed by atoms with Crippen molar-refractivity contribution in [3.8, 4) is 17.3 Å². The molecule has 0 unspecified atom stereocenters. The Bertz CT molecular complexity index is 717. The monoisotopic (exact) mass is 317 g/mol. The third-order valence-corrected chi connectivity index (χ3v) is 4.60. The van der Waals surface area contributed by atoms with Gasteiger partial charge in [0.15, 0.2) is 5.16 Å². The molecule has 2 rings (SSSR count). The Balaban J connectivity index is 2.44. The first kappa shape index (κ1) is 15.7. The number of hydrogen-bond acceptors (Lipinski definition) is 5. The van der Waals surface area contributed by atoms with Crippen LogP contribution >= 0.6 is 23.5 Å². The molecule has 0 bridgehead atoms. The summed E-state index contributed by atoms with van der Waals surface area (Å²) in [7, 11) is 0. The van der Waals surface area contributed by atoms with Crippen LogP contribution in [0.4, 0.5) is 0 Å². The molecule has 1 aromatic carbocycles. The molecule has 0 atom stereocenters. The number of aromatic nitrogens is 2. The van der Waals surface area contributed by atoms with Crippen LogP contribution < -0.4 is 5.56 Å². The van der Waals surface area contributed by atoms with Crippen molar-refractivity contribution in [3.63, 3.8) is 0 Å². The number of nitriles is 1. The van der Waals surface area contributed by atoms with E-state index in [0.29, 0.717) is 10.9 Å². The highest BCUT2D eigenvalue weighted by Gasteiger charge is 2.13. The summed E-state index contributed by atoms with van der Waals surface area (Å²) in [6.45, 7) is 2.14. The Morgan fingerprint density at radius 2 is 2.05 bits per heavy atom. The van der Waals surface area contributed by atoms with Crippen molar-refractivity contribution >= 4 is 23.5 Å². The smallest absolute Gasteiger partial charge is 0.270 e. The molecule has 0 radical (unpaired) electrons. The molecule has 0 fully saturated rings. The molecule has 0 aliphatic carbocycles. The number of benzene rings is 1. The Labute approximate surface area is 132 Å². The van der Waals surface area contributed by atoms with Gasteiger partial charge in [0.1, 0.15) is 11.6 Å². The van der Waals surface area contributed by atoms with Crippen molar-refractivity contribution in [2.24, 2.45) is 0 Å². The first-order chi connectivity index (χ1) is 10.2. The Kier molecular flexibility index (Phi) is 5.48. The molecule has 1 heterocycles. The minimum Gasteiger partial charge on any atom is -0.300 e. The van der Waals surface area contributed by atoms with E-state index in [2.05, 4.69) is 16.9 Å². The largest absolute Gasteiger partial charge is 0.300 e. The number of aromatic amines is 1. The fourth-order valence-corrected chi connectivity index (χ4v) is 2.94. The van der Waals surface area contributed by atoms with Crippen molar-refractivity contribution in [1.82, 2.24) is 9.97 Å². The van der Waals surface area contributed by atoms with Crippen LogP contribution in [0.5, 0.6) is 0 Å². The molecule has 0 aliphatic heterocycles. The van der Waals surface area contributed by atoms with Gasteiger partial charge in [0.2, 0.25) is 0 Å². The van der Waals surface area contributed by atoms with E-state index in [4.69, 9.17) is 0 Å². The topological polar surface area (TPSA) is 69.5 Å². The van der Waals surface area contributed by atoms with Gasteiger partial charge in [-0.2, -0.15) is 5.26 Å². The van der Waals surface area contributed by atoms with Gasteiger partial charge in [-0.15, -0.1) is 11.8 Å². The van der Waals surface area contributed by atoms with Gasteiger partial charge in [-0.05, 0) is 30.6 Å². The second-order valence-electron chi connectivity index (χ2n) is 4.28. The zero-order valence-corrected chi connectivity index (χ0v) is 13.5. The molecule has 21 heavy (non-hydrogen) atoms. The van der Waals surface area contributed by atoms with Gasteiger partial charge in [-0.25, -0.2) is 4.98 Å². The van der Waals surface area contributed by atoms with E-state index in [0.717, 1.165) is 17.7 Å². The molecule has 1 N–H and O–H groups in total. The average Bonchev–Trinajstić information content (AvgIpc) is 2.52. The van der Waals surface area contributed by atoms with Gasteiger partial charge in [0, 0.05) is 10.5 Å². The quantitative estimate of drug-likeness (QED) is 0.675. The zero-order chi connectivity index (χ0) is 15.2. The number of nitrogens with one attached hydrogen (secondary N) is 1. The lowest BCUT2D eigenvalue weighted by molar-refractivity contribution is 0.937. The number of hydrogen-bond donors (Lipinski definition) is 1. The first-order valence-corrected chi connectivity index (χ1v) is 8.72. The first-order valence-electron chi connectivity index (χ1n) is 6.51. The number of H-pyrrole nitrogens is 1. The molecule has 0 amide bonds. The second-order valence-corrected chi connectivity index (χ2v) is 6.25. The number of thioether (sulfide) groups is 2. The third-order valence-electron chi connectivity index (χ3n) is 2.80. The summed E-state index contributed by atoms with van der Waals surface area (Å²) in [5.74, 6) is 1.07. The van der Waals surface area contributed by atoms with E-state index in [1.54, 1.807) is 11.8 Å². The van der Waals surface area contributed by atoms with Crippen LogP contribution in [0, 0.1) is 11.3 Å². The predicted octanol–water partition coefficient (Wildman–Crippen LogP) is 3.53. The molecule has 1 aromatic heterocycles. The summed E-state index contributed by atoms with van der Waals surface area (Å²) < 4.78 is 0. The van der Waals surface area contributed by atoms with Crippen LogP contribution in [0.15, 0.2) is 39.1 Å². The Morgan fingerprint density at radius 3 is 2.62 bits per heavy atom. The molecule has 0 saturated heterocycles. The number of rotatable bonds is 5. The lowest BCUT2D eigenvalue weighted by Crippen LogP contribution is -2.14. The van der Waals surface area contributed by atoms with E-state index >= 15 is 0 Å². The summed E-state index contributed by atoms with van der Waals surface area (Å²) in [6.07, 6.45) is 2.95. The van der Waals surface area contributed by atoms with Gasteiger partial charge in [0.25, 0.3) is 5.56 Å². The van der Waals surface area contributed by atoms with E-state index in [1.165, 1.54) is 16.7 Å². The maximum Gasteiger partial charge on any atom is 0.270 e. The van der Waals surface area contributed by atoms with Crippen LogP contribution in [0.1, 0.15) is 18.9 Å². The molecular weight excluding hydrogens is 302 g/mol. The molecular formula is C15H15N3OS2. The molecule has 0 saturated carbocycles.